The maximum absolute atomic E-state index is 14.0. The Hall–Kier alpha value is -2.54. The van der Waals surface area contributed by atoms with Gasteiger partial charge in [-0.15, -0.1) is 0 Å². The second-order valence-electron chi connectivity index (χ2n) is 6.30. The average Bonchev–Trinajstić information content (AvgIpc) is 3.03. The van der Waals surface area contributed by atoms with Crippen molar-refractivity contribution in [3.05, 3.63) is 75.7 Å². The lowest BCUT2D eigenvalue weighted by Gasteiger charge is -2.13. The average molecular weight is 429 g/mol. The summed E-state index contributed by atoms with van der Waals surface area (Å²) in [5, 5.41) is 0. The van der Waals surface area contributed by atoms with Crippen LogP contribution in [0.15, 0.2) is 67.8 Å². The quantitative estimate of drug-likeness (QED) is 0.699. The number of rotatable bonds is 3. The second kappa shape index (κ2) is 7.60. The Bertz CT molecular complexity index is 994. The van der Waals surface area contributed by atoms with Crippen molar-refractivity contribution < 1.29 is 8.78 Å². The number of aliphatic imine (C=N–C) groups is 3. The van der Waals surface area contributed by atoms with E-state index in [0.29, 0.717) is 11.4 Å². The third-order valence-corrected chi connectivity index (χ3v) is 4.86. The first-order valence-corrected chi connectivity index (χ1v) is 9.35. The van der Waals surface area contributed by atoms with E-state index in [0.717, 1.165) is 35.5 Å². The fourth-order valence-corrected chi connectivity index (χ4v) is 3.23. The van der Waals surface area contributed by atoms with Gasteiger partial charge in [0.1, 0.15) is 5.71 Å². The molecular weight excluding hydrogens is 414 g/mol. The molecular formula is C20H15BrF2N4. The molecule has 4 rings (SSSR count). The molecule has 2 aromatic rings. The number of pyridine rings is 1. The molecule has 0 bridgehead atoms. The van der Waals surface area contributed by atoms with Crippen LogP contribution in [0.2, 0.25) is 0 Å². The van der Waals surface area contributed by atoms with Gasteiger partial charge in [-0.1, -0.05) is 12.1 Å². The molecule has 1 atom stereocenters. The van der Waals surface area contributed by atoms with Crippen molar-refractivity contribution in [3.63, 3.8) is 0 Å². The zero-order valence-corrected chi connectivity index (χ0v) is 15.8. The van der Waals surface area contributed by atoms with E-state index in [2.05, 4.69) is 35.9 Å². The number of fused-ring (bicyclic) bond motifs is 1. The molecule has 27 heavy (non-hydrogen) atoms. The number of aromatic nitrogens is 1. The first-order chi connectivity index (χ1) is 13.1. The Morgan fingerprint density at radius 2 is 2.00 bits per heavy atom. The van der Waals surface area contributed by atoms with Gasteiger partial charge in [0.25, 0.3) is 0 Å². The number of nitrogens with zero attached hydrogens (tertiary/aromatic N) is 4. The summed E-state index contributed by atoms with van der Waals surface area (Å²) in [6.45, 7) is 0. The molecule has 0 radical (unpaired) electrons. The maximum atomic E-state index is 14.0. The first kappa shape index (κ1) is 17.9. The molecule has 0 saturated heterocycles. The maximum Gasteiger partial charge on any atom is 0.169 e. The van der Waals surface area contributed by atoms with Crippen LogP contribution in [-0.4, -0.2) is 28.8 Å². The Labute approximate surface area is 163 Å². The van der Waals surface area contributed by atoms with E-state index in [4.69, 9.17) is 0 Å². The molecule has 0 aliphatic carbocycles. The summed E-state index contributed by atoms with van der Waals surface area (Å²) < 4.78 is 28.5. The lowest BCUT2D eigenvalue weighted by Crippen LogP contribution is -2.14. The Morgan fingerprint density at radius 1 is 1.11 bits per heavy atom. The summed E-state index contributed by atoms with van der Waals surface area (Å²) in [7, 11) is 0. The topological polar surface area (TPSA) is 50.0 Å². The fourth-order valence-electron chi connectivity index (χ4n) is 3.00. The van der Waals surface area contributed by atoms with E-state index < -0.39 is 11.6 Å². The van der Waals surface area contributed by atoms with Gasteiger partial charge in [0.05, 0.1) is 17.3 Å². The van der Waals surface area contributed by atoms with E-state index in [1.54, 1.807) is 12.4 Å². The van der Waals surface area contributed by atoms with E-state index in [9.17, 15) is 8.78 Å². The molecule has 0 spiro atoms. The monoisotopic (exact) mass is 428 g/mol. The van der Waals surface area contributed by atoms with Gasteiger partial charge >= 0.3 is 0 Å². The van der Waals surface area contributed by atoms with E-state index in [1.807, 2.05) is 18.2 Å². The lowest BCUT2D eigenvalue weighted by atomic mass is 10.0. The molecule has 2 aliphatic heterocycles. The first-order valence-electron chi connectivity index (χ1n) is 8.56. The highest BCUT2D eigenvalue weighted by Gasteiger charge is 2.22. The van der Waals surface area contributed by atoms with Gasteiger partial charge in [-0.25, -0.2) is 18.8 Å². The molecule has 7 heteroatoms. The zero-order chi connectivity index (χ0) is 18.8. The van der Waals surface area contributed by atoms with E-state index >= 15 is 0 Å². The number of hydrogen-bond donors (Lipinski definition) is 0. The fraction of sp³-hybridized carbons (Fsp3) is 0.200. The van der Waals surface area contributed by atoms with Gasteiger partial charge in [-0.05, 0) is 53.0 Å². The van der Waals surface area contributed by atoms with Crippen molar-refractivity contribution in [2.75, 3.05) is 0 Å². The second-order valence-corrected chi connectivity index (χ2v) is 7.22. The minimum Gasteiger partial charge on any atom is -0.287 e. The Morgan fingerprint density at radius 3 is 2.81 bits per heavy atom. The molecule has 4 nitrogen and oxygen atoms in total. The molecule has 1 aromatic carbocycles. The predicted molar refractivity (Wildman–Crippen MR) is 106 cm³/mol. The molecule has 3 heterocycles. The van der Waals surface area contributed by atoms with Crippen molar-refractivity contribution >= 4 is 33.7 Å². The van der Waals surface area contributed by atoms with Crippen LogP contribution in [0.1, 0.15) is 24.1 Å². The summed E-state index contributed by atoms with van der Waals surface area (Å²) in [4.78, 5) is 17.7. The summed E-state index contributed by atoms with van der Waals surface area (Å²) in [6.07, 6.45) is 7.76. The van der Waals surface area contributed by atoms with Gasteiger partial charge in [0.2, 0.25) is 0 Å². The van der Waals surface area contributed by atoms with Crippen LogP contribution in [0.5, 0.6) is 0 Å². The third kappa shape index (κ3) is 3.93. The number of amidine groups is 1. The molecule has 136 valence electrons. The lowest BCUT2D eigenvalue weighted by molar-refractivity contribution is 0.507. The molecule has 2 aliphatic rings. The smallest absolute Gasteiger partial charge is 0.169 e. The van der Waals surface area contributed by atoms with Crippen molar-refractivity contribution in [2.45, 2.75) is 25.3 Å². The number of hydrogen-bond acceptors (Lipinski definition) is 4. The van der Waals surface area contributed by atoms with Gasteiger partial charge in [0.15, 0.2) is 17.5 Å². The summed E-state index contributed by atoms with van der Waals surface area (Å²) in [5.74, 6) is -1.68. The van der Waals surface area contributed by atoms with Crippen LogP contribution in [0, 0.1) is 11.6 Å². The van der Waals surface area contributed by atoms with Crippen molar-refractivity contribution in [3.8, 4) is 0 Å². The van der Waals surface area contributed by atoms with Gasteiger partial charge in [0, 0.05) is 29.0 Å². The van der Waals surface area contributed by atoms with Crippen LogP contribution < -0.4 is 0 Å². The normalized spacial score (nSPS) is 20.9. The summed E-state index contributed by atoms with van der Waals surface area (Å²) in [5.41, 5.74) is 2.25. The highest BCUT2D eigenvalue weighted by Crippen LogP contribution is 2.22. The highest BCUT2D eigenvalue weighted by atomic mass is 79.9. The highest BCUT2D eigenvalue weighted by molar-refractivity contribution is 9.10. The molecule has 0 amide bonds. The standard InChI is InChI=1S/C20H15BrF2N4/c21-12-7-8-14(24-10-12)9-13-3-1-6-17-18(11-25-13)27-20(26-17)15-4-2-5-16(22)19(15)23/h2,4-8,10-11,13H,1,3,9H2/b17-6+,25-11?. The minimum atomic E-state index is -0.938. The van der Waals surface area contributed by atoms with Crippen molar-refractivity contribution in [1.82, 2.24) is 4.98 Å². The van der Waals surface area contributed by atoms with E-state index in [1.165, 1.54) is 12.1 Å². The molecule has 1 aromatic heterocycles. The van der Waals surface area contributed by atoms with Gasteiger partial charge in [-0.3, -0.25) is 9.98 Å². The summed E-state index contributed by atoms with van der Waals surface area (Å²) in [6, 6.07) is 8.00. The molecule has 0 fully saturated rings. The number of halogens is 3. The molecule has 0 saturated carbocycles. The Balaban J connectivity index is 1.56. The van der Waals surface area contributed by atoms with E-state index in [-0.39, 0.29) is 17.4 Å². The SMILES string of the molecule is Fc1cccc(C2=N/C3=C/CCC(Cc4ccc(Br)cn4)N=CC3=N2)c1F. The predicted octanol–water partition coefficient (Wildman–Crippen LogP) is 4.68. The summed E-state index contributed by atoms with van der Waals surface area (Å²) >= 11 is 3.38. The van der Waals surface area contributed by atoms with Crippen LogP contribution in [-0.2, 0) is 6.42 Å². The van der Waals surface area contributed by atoms with Crippen molar-refractivity contribution in [2.24, 2.45) is 15.0 Å². The van der Waals surface area contributed by atoms with Gasteiger partial charge in [-0.2, -0.15) is 0 Å². The molecule has 0 N–H and O–H groups in total. The van der Waals surface area contributed by atoms with Crippen molar-refractivity contribution in [1.29, 1.82) is 0 Å². The number of benzene rings is 1. The molecule has 1 unspecified atom stereocenters. The van der Waals surface area contributed by atoms with Crippen LogP contribution in [0.25, 0.3) is 0 Å². The van der Waals surface area contributed by atoms with Crippen LogP contribution >= 0.6 is 15.9 Å². The van der Waals surface area contributed by atoms with Crippen LogP contribution in [0.4, 0.5) is 8.78 Å². The minimum absolute atomic E-state index is 0.0548. The van der Waals surface area contributed by atoms with Crippen LogP contribution in [0.3, 0.4) is 0 Å². The zero-order valence-electron chi connectivity index (χ0n) is 14.2. The van der Waals surface area contributed by atoms with Gasteiger partial charge < -0.3 is 0 Å². The Kier molecular flexibility index (Phi) is 5.03. The number of allylic oxidation sites excluding steroid dienone is 2. The third-order valence-electron chi connectivity index (χ3n) is 4.39. The largest absolute Gasteiger partial charge is 0.287 e.